The maximum absolute atomic E-state index is 10.6. The molecule has 1 heterocycles. The smallest absolute Gasteiger partial charge is 0.335 e. The topological polar surface area (TPSA) is 63.1 Å². The number of aromatic carboxylic acids is 1. The van der Waals surface area contributed by atoms with Gasteiger partial charge in [0.05, 0.1) is 23.5 Å². The third-order valence-corrected chi connectivity index (χ3v) is 2.27. The summed E-state index contributed by atoms with van der Waals surface area (Å²) in [7, 11) is 0. The van der Waals surface area contributed by atoms with Crippen LogP contribution in [-0.4, -0.2) is 19.8 Å². The number of hydrogen-bond acceptors (Lipinski definition) is 4. The molecule has 0 aliphatic heterocycles. The highest BCUT2D eigenvalue weighted by Crippen LogP contribution is 2.17. The number of nitrogens with zero attached hydrogens (tertiary/aromatic N) is 2. The molecule has 0 spiro atoms. The van der Waals surface area contributed by atoms with E-state index >= 15 is 0 Å². The van der Waals surface area contributed by atoms with Crippen LogP contribution in [0.5, 0.6) is 0 Å². The third kappa shape index (κ3) is 1.62. The lowest BCUT2D eigenvalue weighted by Gasteiger charge is -1.96. The lowest BCUT2D eigenvalue weighted by atomic mass is 10.1. The predicted octanol–water partition coefficient (Wildman–Crippen LogP) is 1.90. The van der Waals surface area contributed by atoms with E-state index in [1.165, 1.54) is 0 Å². The van der Waals surface area contributed by atoms with E-state index in [1.807, 2.05) is 0 Å². The number of benzene rings is 1. The van der Waals surface area contributed by atoms with Gasteiger partial charge in [0.1, 0.15) is 5.69 Å². The van der Waals surface area contributed by atoms with Gasteiger partial charge in [-0.2, -0.15) is 8.75 Å². The molecule has 0 amide bonds. The fraction of sp³-hybridized carbons (Fsp3) is 0. The SMILES string of the molecule is O=C(O)c1ccc(-c2cnsn2)cc1. The molecule has 14 heavy (non-hydrogen) atoms. The monoisotopic (exact) mass is 206 g/mol. The molecule has 1 N–H and O–H groups in total. The van der Waals surface area contributed by atoms with Gasteiger partial charge in [0.2, 0.25) is 0 Å². The van der Waals surface area contributed by atoms with Crippen molar-refractivity contribution in [1.29, 1.82) is 0 Å². The summed E-state index contributed by atoms with van der Waals surface area (Å²) in [4.78, 5) is 10.6. The Balaban J connectivity index is 2.36. The van der Waals surface area contributed by atoms with Crippen LogP contribution in [0.3, 0.4) is 0 Å². The lowest BCUT2D eigenvalue weighted by Crippen LogP contribution is -1.94. The van der Waals surface area contributed by atoms with Crippen LogP contribution in [0.2, 0.25) is 0 Å². The van der Waals surface area contributed by atoms with Crippen LogP contribution in [0, 0.1) is 0 Å². The van der Waals surface area contributed by atoms with Gasteiger partial charge >= 0.3 is 5.97 Å². The summed E-state index contributed by atoms with van der Waals surface area (Å²) in [6.45, 7) is 0. The van der Waals surface area contributed by atoms with E-state index in [-0.39, 0.29) is 5.56 Å². The first-order valence-electron chi connectivity index (χ1n) is 3.88. The Hall–Kier alpha value is -1.75. The van der Waals surface area contributed by atoms with Crippen LogP contribution in [0.15, 0.2) is 30.5 Å². The highest BCUT2D eigenvalue weighted by atomic mass is 32.1. The summed E-state index contributed by atoms with van der Waals surface area (Å²) in [6, 6.07) is 6.55. The minimum atomic E-state index is -0.923. The Morgan fingerprint density at radius 2 is 2.00 bits per heavy atom. The summed E-state index contributed by atoms with van der Waals surface area (Å²) in [6.07, 6.45) is 1.65. The molecule has 0 fully saturated rings. The molecule has 0 unspecified atom stereocenters. The Morgan fingerprint density at radius 1 is 1.29 bits per heavy atom. The largest absolute Gasteiger partial charge is 0.478 e. The fourth-order valence-electron chi connectivity index (χ4n) is 1.08. The van der Waals surface area contributed by atoms with Crippen molar-refractivity contribution < 1.29 is 9.90 Å². The molecule has 1 aromatic heterocycles. The molecule has 5 heteroatoms. The van der Waals surface area contributed by atoms with Gasteiger partial charge < -0.3 is 5.11 Å². The zero-order valence-electron chi connectivity index (χ0n) is 7.04. The molecular weight excluding hydrogens is 200 g/mol. The molecule has 1 aromatic carbocycles. The van der Waals surface area contributed by atoms with Crippen molar-refractivity contribution in [3.63, 3.8) is 0 Å². The highest BCUT2D eigenvalue weighted by molar-refractivity contribution is 6.99. The maximum Gasteiger partial charge on any atom is 0.335 e. The van der Waals surface area contributed by atoms with Gasteiger partial charge in [-0.3, -0.25) is 0 Å². The van der Waals surface area contributed by atoms with Crippen LogP contribution in [0.4, 0.5) is 0 Å². The standard InChI is InChI=1S/C9H6N2O2S/c12-9(13)7-3-1-6(2-4-7)8-5-10-14-11-8/h1-5H,(H,12,13). The first-order valence-corrected chi connectivity index (χ1v) is 4.62. The first-order chi connectivity index (χ1) is 6.77. The van der Waals surface area contributed by atoms with E-state index < -0.39 is 5.97 Å². The molecule has 0 radical (unpaired) electrons. The van der Waals surface area contributed by atoms with E-state index in [9.17, 15) is 4.79 Å². The van der Waals surface area contributed by atoms with Gasteiger partial charge in [-0.15, -0.1) is 0 Å². The second kappa shape index (κ2) is 3.55. The first kappa shape index (κ1) is 8.83. The normalized spacial score (nSPS) is 10.0. The zero-order chi connectivity index (χ0) is 9.97. The minimum absolute atomic E-state index is 0.275. The summed E-state index contributed by atoms with van der Waals surface area (Å²) in [5.41, 5.74) is 1.92. The number of hydrogen-bond donors (Lipinski definition) is 1. The molecule has 0 saturated heterocycles. The van der Waals surface area contributed by atoms with E-state index in [0.717, 1.165) is 23.0 Å². The van der Waals surface area contributed by atoms with E-state index in [4.69, 9.17) is 5.11 Å². The fourth-order valence-corrected chi connectivity index (χ4v) is 1.51. The third-order valence-electron chi connectivity index (χ3n) is 1.79. The van der Waals surface area contributed by atoms with Crippen molar-refractivity contribution in [2.24, 2.45) is 0 Å². The Bertz CT molecular complexity index is 436. The van der Waals surface area contributed by atoms with Crippen LogP contribution in [0.1, 0.15) is 10.4 Å². The molecule has 70 valence electrons. The van der Waals surface area contributed by atoms with Crippen molar-refractivity contribution >= 4 is 17.7 Å². The van der Waals surface area contributed by atoms with E-state index in [0.29, 0.717) is 0 Å². The van der Waals surface area contributed by atoms with Crippen LogP contribution in [-0.2, 0) is 0 Å². The molecule has 2 aromatic rings. The second-order valence-electron chi connectivity index (χ2n) is 2.68. The number of aromatic nitrogens is 2. The van der Waals surface area contributed by atoms with Crippen molar-refractivity contribution in [3.8, 4) is 11.3 Å². The number of carbonyl (C=O) groups is 1. The highest BCUT2D eigenvalue weighted by Gasteiger charge is 2.04. The molecule has 4 nitrogen and oxygen atoms in total. The van der Waals surface area contributed by atoms with Crippen molar-refractivity contribution in [1.82, 2.24) is 8.75 Å². The van der Waals surface area contributed by atoms with Gasteiger partial charge in [0.25, 0.3) is 0 Å². The summed E-state index contributed by atoms with van der Waals surface area (Å²) in [5.74, 6) is -0.923. The van der Waals surface area contributed by atoms with Gasteiger partial charge in [-0.25, -0.2) is 4.79 Å². The summed E-state index contributed by atoms with van der Waals surface area (Å²) in [5, 5.41) is 8.68. The molecule has 0 bridgehead atoms. The van der Waals surface area contributed by atoms with E-state index in [1.54, 1.807) is 30.5 Å². The van der Waals surface area contributed by atoms with Gasteiger partial charge in [-0.05, 0) is 12.1 Å². The summed E-state index contributed by atoms with van der Waals surface area (Å²) >= 11 is 1.13. The van der Waals surface area contributed by atoms with E-state index in [2.05, 4.69) is 8.75 Å². The van der Waals surface area contributed by atoms with Gasteiger partial charge in [0, 0.05) is 5.56 Å². The Morgan fingerprint density at radius 3 is 2.50 bits per heavy atom. The maximum atomic E-state index is 10.6. The van der Waals surface area contributed by atoms with Gasteiger partial charge in [0.15, 0.2) is 0 Å². The average molecular weight is 206 g/mol. The van der Waals surface area contributed by atoms with Crippen molar-refractivity contribution in [3.05, 3.63) is 36.0 Å². The summed E-state index contributed by atoms with van der Waals surface area (Å²) < 4.78 is 7.91. The molecule has 0 saturated carbocycles. The zero-order valence-corrected chi connectivity index (χ0v) is 7.86. The molecule has 0 aliphatic carbocycles. The molecular formula is C9H6N2O2S. The number of rotatable bonds is 2. The molecule has 2 rings (SSSR count). The van der Waals surface area contributed by atoms with Crippen LogP contribution >= 0.6 is 11.7 Å². The van der Waals surface area contributed by atoms with Gasteiger partial charge in [-0.1, -0.05) is 12.1 Å². The number of carboxylic acids is 1. The average Bonchev–Trinajstić information content (AvgIpc) is 2.71. The second-order valence-corrected chi connectivity index (χ2v) is 3.23. The predicted molar refractivity (Wildman–Crippen MR) is 52.3 cm³/mol. The molecule has 0 atom stereocenters. The minimum Gasteiger partial charge on any atom is -0.478 e. The number of carboxylic acid groups (broad SMARTS) is 1. The van der Waals surface area contributed by atoms with Crippen LogP contribution in [0.25, 0.3) is 11.3 Å². The quantitative estimate of drug-likeness (QED) is 0.815. The van der Waals surface area contributed by atoms with Crippen LogP contribution < -0.4 is 0 Å². The van der Waals surface area contributed by atoms with Crippen molar-refractivity contribution in [2.75, 3.05) is 0 Å². The Labute approximate surface area is 84.2 Å². The lowest BCUT2D eigenvalue weighted by molar-refractivity contribution is 0.0697. The Kier molecular flexibility index (Phi) is 2.24. The molecule has 0 aliphatic rings. The van der Waals surface area contributed by atoms with Crippen molar-refractivity contribution in [2.45, 2.75) is 0 Å².